The van der Waals surface area contributed by atoms with Gasteiger partial charge in [0.15, 0.2) is 0 Å². The monoisotopic (exact) mass is 304 g/mol. The van der Waals surface area contributed by atoms with E-state index in [1.807, 2.05) is 4.72 Å². The molecule has 0 spiro atoms. The van der Waals surface area contributed by atoms with Gasteiger partial charge in [0.2, 0.25) is 0 Å². The lowest BCUT2D eigenvalue weighted by atomic mass is 10.3. The molecular formula is C11H7ClF2N2O2S. The van der Waals surface area contributed by atoms with Crippen molar-refractivity contribution >= 4 is 27.3 Å². The second-order valence-corrected chi connectivity index (χ2v) is 5.59. The van der Waals surface area contributed by atoms with Gasteiger partial charge in [0.25, 0.3) is 10.0 Å². The number of anilines is 1. The number of hydrogen-bond acceptors (Lipinski definition) is 3. The molecule has 0 saturated carbocycles. The number of nitrogens with zero attached hydrogens (tertiary/aromatic N) is 1. The van der Waals surface area contributed by atoms with Crippen molar-refractivity contribution in [3.8, 4) is 0 Å². The maximum Gasteiger partial charge on any atom is 0.265 e. The first-order valence-electron chi connectivity index (χ1n) is 4.97. The van der Waals surface area contributed by atoms with Gasteiger partial charge >= 0.3 is 0 Å². The zero-order chi connectivity index (χ0) is 14.0. The first kappa shape index (κ1) is 13.7. The third kappa shape index (κ3) is 2.99. The lowest BCUT2D eigenvalue weighted by Gasteiger charge is -2.09. The van der Waals surface area contributed by atoms with Crippen molar-refractivity contribution in [3.63, 3.8) is 0 Å². The summed E-state index contributed by atoms with van der Waals surface area (Å²) in [5, 5.41) is -0.0509. The van der Waals surface area contributed by atoms with Crippen molar-refractivity contribution in [3.05, 3.63) is 53.3 Å². The summed E-state index contributed by atoms with van der Waals surface area (Å²) in [6, 6.07) is 3.78. The Labute approximate surface area is 113 Å². The number of sulfonamides is 1. The Kier molecular flexibility index (Phi) is 3.68. The molecule has 0 radical (unpaired) electrons. The first-order valence-corrected chi connectivity index (χ1v) is 6.83. The molecule has 0 saturated heterocycles. The standard InChI is InChI=1S/C11H7ClF2N2O2S/c12-8-3-4-15-6-11(8)19(17,18)16-10-2-1-7(13)5-9(10)14/h1-6,16H. The molecule has 0 unspecified atom stereocenters. The van der Waals surface area contributed by atoms with Gasteiger partial charge in [-0.05, 0) is 18.2 Å². The van der Waals surface area contributed by atoms with E-state index < -0.39 is 21.7 Å². The van der Waals surface area contributed by atoms with Gasteiger partial charge in [-0.3, -0.25) is 9.71 Å². The SMILES string of the molecule is O=S(=O)(Nc1ccc(F)cc1F)c1cnccc1Cl. The van der Waals surface area contributed by atoms with Crippen molar-refractivity contribution in [2.45, 2.75) is 4.90 Å². The fourth-order valence-corrected chi connectivity index (χ4v) is 2.83. The molecule has 0 bridgehead atoms. The first-order chi connectivity index (χ1) is 8.90. The lowest BCUT2D eigenvalue weighted by Crippen LogP contribution is -2.14. The molecule has 2 rings (SSSR count). The Morgan fingerprint density at radius 1 is 1.21 bits per heavy atom. The van der Waals surface area contributed by atoms with Gasteiger partial charge in [-0.15, -0.1) is 0 Å². The van der Waals surface area contributed by atoms with E-state index in [4.69, 9.17) is 11.6 Å². The summed E-state index contributed by atoms with van der Waals surface area (Å²) in [5.41, 5.74) is -0.374. The van der Waals surface area contributed by atoms with Crippen LogP contribution in [0.2, 0.25) is 5.02 Å². The highest BCUT2D eigenvalue weighted by Crippen LogP contribution is 2.24. The van der Waals surface area contributed by atoms with E-state index in [-0.39, 0.29) is 15.6 Å². The molecule has 8 heteroatoms. The zero-order valence-electron chi connectivity index (χ0n) is 9.27. The van der Waals surface area contributed by atoms with Gasteiger partial charge in [0, 0.05) is 18.5 Å². The lowest BCUT2D eigenvalue weighted by molar-refractivity contribution is 0.582. The number of rotatable bonds is 3. The highest BCUT2D eigenvalue weighted by Gasteiger charge is 2.19. The third-order valence-corrected chi connectivity index (χ3v) is 4.03. The predicted molar refractivity (Wildman–Crippen MR) is 66.4 cm³/mol. The van der Waals surface area contributed by atoms with E-state index in [9.17, 15) is 17.2 Å². The van der Waals surface area contributed by atoms with Crippen LogP contribution in [0.4, 0.5) is 14.5 Å². The van der Waals surface area contributed by atoms with Gasteiger partial charge in [0.1, 0.15) is 16.5 Å². The highest BCUT2D eigenvalue weighted by molar-refractivity contribution is 7.92. The molecular weight excluding hydrogens is 298 g/mol. The second-order valence-electron chi connectivity index (χ2n) is 3.54. The fourth-order valence-electron chi connectivity index (χ4n) is 1.33. The molecule has 1 aromatic carbocycles. The van der Waals surface area contributed by atoms with E-state index in [0.717, 1.165) is 18.3 Å². The molecule has 1 N–H and O–H groups in total. The summed E-state index contributed by atoms with van der Waals surface area (Å²) in [6.07, 6.45) is 2.35. The van der Waals surface area contributed by atoms with Crippen LogP contribution in [0.5, 0.6) is 0 Å². The summed E-state index contributed by atoms with van der Waals surface area (Å²) in [7, 11) is -4.09. The third-order valence-electron chi connectivity index (χ3n) is 2.20. The van der Waals surface area contributed by atoms with Crippen LogP contribution in [0.15, 0.2) is 41.6 Å². The maximum absolute atomic E-state index is 13.4. The van der Waals surface area contributed by atoms with Crippen LogP contribution in [-0.4, -0.2) is 13.4 Å². The molecule has 0 fully saturated rings. The van der Waals surface area contributed by atoms with Crippen LogP contribution < -0.4 is 4.72 Å². The van der Waals surface area contributed by atoms with Crippen molar-refractivity contribution in [1.82, 2.24) is 4.98 Å². The smallest absolute Gasteiger partial charge is 0.265 e. The largest absolute Gasteiger partial charge is 0.277 e. The Bertz CT molecular complexity index is 722. The van der Waals surface area contributed by atoms with Crippen molar-refractivity contribution in [1.29, 1.82) is 0 Å². The molecule has 0 aliphatic carbocycles. The van der Waals surface area contributed by atoms with Gasteiger partial charge in [0.05, 0.1) is 10.7 Å². The minimum absolute atomic E-state index is 0.0509. The van der Waals surface area contributed by atoms with E-state index in [2.05, 4.69) is 4.98 Å². The summed E-state index contributed by atoms with van der Waals surface area (Å²) in [6.45, 7) is 0. The fraction of sp³-hybridized carbons (Fsp3) is 0. The summed E-state index contributed by atoms with van der Waals surface area (Å²) in [5.74, 6) is -1.83. The van der Waals surface area contributed by atoms with Crippen LogP contribution in [0.25, 0.3) is 0 Å². The molecule has 0 atom stereocenters. The van der Waals surface area contributed by atoms with Crippen LogP contribution in [0, 0.1) is 11.6 Å². The minimum Gasteiger partial charge on any atom is -0.277 e. The number of nitrogens with one attached hydrogen (secondary N) is 1. The van der Waals surface area contributed by atoms with Crippen LogP contribution in [0.1, 0.15) is 0 Å². The molecule has 19 heavy (non-hydrogen) atoms. The van der Waals surface area contributed by atoms with E-state index in [1.165, 1.54) is 12.3 Å². The average Bonchev–Trinajstić information content (AvgIpc) is 2.33. The van der Waals surface area contributed by atoms with Crippen LogP contribution >= 0.6 is 11.6 Å². The van der Waals surface area contributed by atoms with Gasteiger partial charge in [-0.1, -0.05) is 11.6 Å². The Balaban J connectivity index is 2.40. The number of halogens is 3. The topological polar surface area (TPSA) is 59.1 Å². The molecule has 0 aliphatic rings. The normalized spacial score (nSPS) is 11.3. The molecule has 0 aliphatic heterocycles. The van der Waals surface area contributed by atoms with Crippen LogP contribution in [0.3, 0.4) is 0 Å². The quantitative estimate of drug-likeness (QED) is 0.948. The van der Waals surface area contributed by atoms with Crippen molar-refractivity contribution in [2.24, 2.45) is 0 Å². The van der Waals surface area contributed by atoms with Crippen LogP contribution in [-0.2, 0) is 10.0 Å². The molecule has 4 nitrogen and oxygen atoms in total. The van der Waals surface area contributed by atoms with Gasteiger partial charge < -0.3 is 0 Å². The number of pyridine rings is 1. The highest BCUT2D eigenvalue weighted by atomic mass is 35.5. The Morgan fingerprint density at radius 3 is 2.58 bits per heavy atom. The molecule has 2 aromatic rings. The predicted octanol–water partition coefficient (Wildman–Crippen LogP) is 2.81. The van der Waals surface area contributed by atoms with E-state index in [0.29, 0.717) is 6.07 Å². The van der Waals surface area contributed by atoms with Gasteiger partial charge in [-0.25, -0.2) is 17.2 Å². The molecule has 1 aromatic heterocycles. The summed E-state index contributed by atoms with van der Waals surface area (Å²) < 4.78 is 52.0. The average molecular weight is 305 g/mol. The van der Waals surface area contributed by atoms with Crippen molar-refractivity contribution in [2.75, 3.05) is 4.72 Å². The van der Waals surface area contributed by atoms with E-state index >= 15 is 0 Å². The van der Waals surface area contributed by atoms with Crippen molar-refractivity contribution < 1.29 is 17.2 Å². The number of aromatic nitrogens is 1. The zero-order valence-corrected chi connectivity index (χ0v) is 10.8. The molecule has 0 amide bonds. The number of benzene rings is 1. The van der Waals surface area contributed by atoms with E-state index in [1.54, 1.807) is 0 Å². The summed E-state index contributed by atoms with van der Waals surface area (Å²) >= 11 is 5.73. The number of hydrogen-bond donors (Lipinski definition) is 1. The van der Waals surface area contributed by atoms with Gasteiger partial charge in [-0.2, -0.15) is 0 Å². The maximum atomic E-state index is 13.4. The second kappa shape index (κ2) is 5.10. The summed E-state index contributed by atoms with van der Waals surface area (Å²) in [4.78, 5) is 3.34. The molecule has 1 heterocycles. The Morgan fingerprint density at radius 2 is 1.95 bits per heavy atom. The molecule has 100 valence electrons. The minimum atomic E-state index is -4.09. The Hall–Kier alpha value is -1.73.